The number of hydrogen-bond acceptors (Lipinski definition) is 4. The Morgan fingerprint density at radius 3 is 2.90 bits per heavy atom. The Morgan fingerprint density at radius 1 is 1.25 bits per heavy atom. The van der Waals surface area contributed by atoms with Gasteiger partial charge in [0.15, 0.2) is 0 Å². The largest absolute Gasteiger partial charge is 0.310 e. The van der Waals surface area contributed by atoms with E-state index in [1.807, 2.05) is 11.4 Å². The number of hydrogen-bond donors (Lipinski definition) is 2. The van der Waals surface area contributed by atoms with Gasteiger partial charge in [0.1, 0.15) is 10.5 Å². The molecule has 2 aromatic rings. The topological polar surface area (TPSA) is 57.8 Å². The van der Waals surface area contributed by atoms with Crippen molar-refractivity contribution in [3.63, 3.8) is 0 Å². The fourth-order valence-corrected chi connectivity index (χ4v) is 2.97. The summed E-state index contributed by atoms with van der Waals surface area (Å²) >= 11 is 1.44. The van der Waals surface area contributed by atoms with Crippen molar-refractivity contribution in [2.75, 3.05) is 6.54 Å². The van der Waals surface area contributed by atoms with Crippen LogP contribution in [0.4, 0.5) is 0 Å². The molecule has 0 spiro atoms. The number of aromatic nitrogens is 2. The summed E-state index contributed by atoms with van der Waals surface area (Å²) in [6, 6.07) is 1.90. The van der Waals surface area contributed by atoms with Gasteiger partial charge in [-0.15, -0.1) is 11.3 Å². The Balaban J connectivity index is 1.69. The van der Waals surface area contributed by atoms with Crippen molar-refractivity contribution in [3.8, 4) is 0 Å². The molecule has 110 valence electrons. The average molecular weight is 293 g/mol. The second kappa shape index (κ2) is 8.17. The van der Waals surface area contributed by atoms with E-state index in [9.17, 15) is 4.79 Å². The van der Waals surface area contributed by atoms with Crippen LogP contribution in [0.15, 0.2) is 16.2 Å². The molecule has 20 heavy (non-hydrogen) atoms. The van der Waals surface area contributed by atoms with Gasteiger partial charge in [-0.05, 0) is 24.4 Å². The van der Waals surface area contributed by atoms with Gasteiger partial charge in [-0.2, -0.15) is 0 Å². The molecule has 0 aliphatic heterocycles. The normalized spacial score (nSPS) is 11.2. The van der Waals surface area contributed by atoms with Crippen molar-refractivity contribution >= 4 is 21.6 Å². The van der Waals surface area contributed by atoms with Crippen molar-refractivity contribution in [2.24, 2.45) is 0 Å². The van der Waals surface area contributed by atoms with Crippen LogP contribution in [0.3, 0.4) is 0 Å². The lowest BCUT2D eigenvalue weighted by atomic mass is 10.1. The van der Waals surface area contributed by atoms with Crippen molar-refractivity contribution in [1.82, 2.24) is 15.3 Å². The lowest BCUT2D eigenvalue weighted by Gasteiger charge is -2.04. The van der Waals surface area contributed by atoms with Crippen molar-refractivity contribution in [3.05, 3.63) is 27.6 Å². The number of H-pyrrole nitrogens is 1. The number of fused-ring (bicyclic) bond motifs is 1. The van der Waals surface area contributed by atoms with E-state index in [0.717, 1.165) is 17.9 Å². The molecule has 0 fully saturated rings. The third kappa shape index (κ3) is 4.42. The van der Waals surface area contributed by atoms with E-state index in [1.54, 1.807) is 0 Å². The monoisotopic (exact) mass is 293 g/mol. The zero-order valence-electron chi connectivity index (χ0n) is 12.1. The Bertz CT molecular complexity index is 576. The first-order valence-corrected chi connectivity index (χ1v) is 8.36. The second-order valence-corrected chi connectivity index (χ2v) is 6.01. The Morgan fingerprint density at radius 2 is 2.05 bits per heavy atom. The highest BCUT2D eigenvalue weighted by Crippen LogP contribution is 2.13. The fraction of sp³-hybridized carbons (Fsp3) is 0.600. The first-order chi connectivity index (χ1) is 9.81. The van der Waals surface area contributed by atoms with Gasteiger partial charge >= 0.3 is 0 Å². The lowest BCUT2D eigenvalue weighted by Crippen LogP contribution is -2.19. The van der Waals surface area contributed by atoms with Crippen LogP contribution in [0.2, 0.25) is 0 Å². The molecule has 2 heterocycles. The highest BCUT2D eigenvalue weighted by atomic mass is 32.1. The first kappa shape index (κ1) is 15.2. The van der Waals surface area contributed by atoms with Crippen LogP contribution in [0.5, 0.6) is 0 Å². The number of nitrogens with zero attached hydrogens (tertiary/aromatic N) is 1. The third-order valence-electron chi connectivity index (χ3n) is 3.36. The average Bonchev–Trinajstić information content (AvgIpc) is 2.91. The molecule has 0 saturated heterocycles. The summed E-state index contributed by atoms with van der Waals surface area (Å²) in [4.78, 5) is 19.1. The van der Waals surface area contributed by atoms with Gasteiger partial charge in [0, 0.05) is 0 Å². The van der Waals surface area contributed by atoms with Crippen LogP contribution < -0.4 is 10.9 Å². The fourth-order valence-electron chi connectivity index (χ4n) is 2.24. The maximum absolute atomic E-state index is 11.8. The van der Waals surface area contributed by atoms with Gasteiger partial charge in [0.2, 0.25) is 0 Å². The van der Waals surface area contributed by atoms with Crippen LogP contribution >= 0.6 is 11.3 Å². The molecule has 4 nitrogen and oxygen atoms in total. The van der Waals surface area contributed by atoms with Gasteiger partial charge in [-0.3, -0.25) is 4.79 Å². The van der Waals surface area contributed by atoms with Gasteiger partial charge in [0.05, 0.1) is 12.1 Å². The highest BCUT2D eigenvalue weighted by Gasteiger charge is 2.04. The minimum atomic E-state index is -0.0265. The van der Waals surface area contributed by atoms with Gasteiger partial charge < -0.3 is 10.3 Å². The second-order valence-electron chi connectivity index (χ2n) is 5.09. The van der Waals surface area contributed by atoms with E-state index in [4.69, 9.17) is 0 Å². The predicted octanol–water partition coefficient (Wildman–Crippen LogP) is 3.43. The summed E-state index contributed by atoms with van der Waals surface area (Å²) in [5.41, 5.74) is 0.775. The smallest absolute Gasteiger partial charge is 0.268 e. The predicted molar refractivity (Wildman–Crippen MR) is 85.3 cm³/mol. The van der Waals surface area contributed by atoms with Crippen LogP contribution in [-0.4, -0.2) is 16.5 Å². The molecule has 0 aromatic carbocycles. The number of nitrogens with one attached hydrogen (secondary N) is 2. The first-order valence-electron chi connectivity index (χ1n) is 7.48. The molecule has 0 unspecified atom stereocenters. The molecular weight excluding hydrogens is 270 g/mol. The lowest BCUT2D eigenvalue weighted by molar-refractivity contribution is 0.566. The number of rotatable bonds is 9. The Kier molecular flexibility index (Phi) is 6.21. The van der Waals surface area contributed by atoms with E-state index in [0.29, 0.717) is 11.2 Å². The molecule has 2 aromatic heterocycles. The molecule has 0 aliphatic carbocycles. The van der Waals surface area contributed by atoms with E-state index in [2.05, 4.69) is 22.2 Å². The van der Waals surface area contributed by atoms with Crippen molar-refractivity contribution in [2.45, 2.75) is 52.0 Å². The Hall–Kier alpha value is -1.20. The van der Waals surface area contributed by atoms with E-state index in [-0.39, 0.29) is 5.56 Å². The number of unbranched alkanes of at least 4 members (excludes halogenated alkanes) is 5. The number of thiophene rings is 1. The van der Waals surface area contributed by atoms with E-state index < -0.39 is 0 Å². The molecule has 0 bridgehead atoms. The Labute approximate surface area is 123 Å². The maximum Gasteiger partial charge on any atom is 0.268 e. The van der Waals surface area contributed by atoms with Gasteiger partial charge in [0.25, 0.3) is 5.56 Å². The van der Waals surface area contributed by atoms with Gasteiger partial charge in [-0.25, -0.2) is 4.98 Å². The minimum absolute atomic E-state index is 0.0265. The van der Waals surface area contributed by atoms with E-state index >= 15 is 0 Å². The van der Waals surface area contributed by atoms with Crippen LogP contribution in [0.1, 0.15) is 51.3 Å². The zero-order valence-corrected chi connectivity index (χ0v) is 12.9. The molecule has 2 rings (SSSR count). The molecule has 0 saturated carbocycles. The molecular formula is C15H23N3OS. The summed E-state index contributed by atoms with van der Waals surface area (Å²) in [5, 5.41) is 5.25. The molecule has 0 aliphatic rings. The quantitative estimate of drug-likeness (QED) is 0.696. The van der Waals surface area contributed by atoms with Crippen molar-refractivity contribution in [1.29, 1.82) is 0 Å². The van der Waals surface area contributed by atoms with Gasteiger partial charge in [-0.1, -0.05) is 39.0 Å². The zero-order chi connectivity index (χ0) is 14.2. The number of aromatic amines is 1. The SMILES string of the molecule is CCCCCCCCNCc1nc2ccsc2c(=O)[nH]1. The summed E-state index contributed by atoms with van der Waals surface area (Å²) in [6.07, 6.45) is 7.78. The maximum atomic E-state index is 11.8. The van der Waals surface area contributed by atoms with Crippen LogP contribution in [0.25, 0.3) is 10.2 Å². The highest BCUT2D eigenvalue weighted by molar-refractivity contribution is 7.17. The summed E-state index contributed by atoms with van der Waals surface area (Å²) in [5.74, 6) is 0.729. The van der Waals surface area contributed by atoms with Crippen molar-refractivity contribution < 1.29 is 0 Å². The van der Waals surface area contributed by atoms with Crippen LogP contribution in [-0.2, 0) is 6.54 Å². The summed E-state index contributed by atoms with van der Waals surface area (Å²) < 4.78 is 0.713. The summed E-state index contributed by atoms with van der Waals surface area (Å²) in [7, 11) is 0. The molecule has 0 amide bonds. The molecule has 2 N–H and O–H groups in total. The van der Waals surface area contributed by atoms with E-state index in [1.165, 1.54) is 49.9 Å². The summed E-state index contributed by atoms with van der Waals surface area (Å²) in [6.45, 7) is 3.85. The minimum Gasteiger partial charge on any atom is -0.310 e. The van der Waals surface area contributed by atoms with Crippen LogP contribution in [0, 0.1) is 0 Å². The molecule has 0 atom stereocenters. The molecule has 0 radical (unpaired) electrons. The third-order valence-corrected chi connectivity index (χ3v) is 4.27. The molecule has 5 heteroatoms. The standard InChI is InChI=1S/C15H23N3OS/c1-2-3-4-5-6-7-9-16-11-13-17-12-8-10-20-14(12)15(19)18-13/h8,10,16H,2-7,9,11H2,1H3,(H,17,18,19).